The van der Waals surface area contributed by atoms with Gasteiger partial charge in [0.1, 0.15) is 0 Å². The monoisotopic (exact) mass is 366 g/mol. The van der Waals surface area contributed by atoms with Crippen LogP contribution in [0.25, 0.3) is 0 Å². The SMILES string of the molecule is Nc1cccc(Cl)c1NS(=O)(=O)c1sccc1Br. The van der Waals surface area contributed by atoms with E-state index in [1.807, 2.05) is 0 Å². The lowest BCUT2D eigenvalue weighted by Gasteiger charge is -2.10. The van der Waals surface area contributed by atoms with Crippen LogP contribution in [0.15, 0.2) is 38.3 Å². The van der Waals surface area contributed by atoms with E-state index < -0.39 is 10.0 Å². The molecule has 0 saturated carbocycles. The Morgan fingerprint density at radius 3 is 2.61 bits per heavy atom. The molecule has 18 heavy (non-hydrogen) atoms. The van der Waals surface area contributed by atoms with Gasteiger partial charge in [0, 0.05) is 4.47 Å². The molecule has 0 unspecified atom stereocenters. The van der Waals surface area contributed by atoms with Crippen molar-refractivity contribution in [2.75, 3.05) is 10.5 Å². The van der Waals surface area contributed by atoms with E-state index in [0.717, 1.165) is 11.3 Å². The Balaban J connectivity index is 2.44. The number of hydrogen-bond acceptors (Lipinski definition) is 4. The largest absolute Gasteiger partial charge is 0.397 e. The van der Waals surface area contributed by atoms with Gasteiger partial charge in [-0.15, -0.1) is 11.3 Å². The Labute approximate surface area is 122 Å². The third-order valence-corrected chi connectivity index (χ3v) is 6.45. The molecule has 0 saturated heterocycles. The van der Waals surface area contributed by atoms with Gasteiger partial charge < -0.3 is 5.73 Å². The summed E-state index contributed by atoms with van der Waals surface area (Å²) < 4.78 is 27.4. The molecule has 96 valence electrons. The number of sulfonamides is 1. The maximum Gasteiger partial charge on any atom is 0.272 e. The van der Waals surface area contributed by atoms with Crippen molar-refractivity contribution in [2.45, 2.75) is 4.21 Å². The lowest BCUT2D eigenvalue weighted by Crippen LogP contribution is -2.13. The van der Waals surface area contributed by atoms with E-state index >= 15 is 0 Å². The molecule has 8 heteroatoms. The van der Waals surface area contributed by atoms with Crippen molar-refractivity contribution in [1.82, 2.24) is 0 Å². The lowest BCUT2D eigenvalue weighted by atomic mass is 10.3. The zero-order valence-electron chi connectivity index (χ0n) is 8.85. The van der Waals surface area contributed by atoms with Crippen molar-refractivity contribution in [2.24, 2.45) is 0 Å². The maximum absolute atomic E-state index is 12.1. The van der Waals surface area contributed by atoms with Crippen LogP contribution in [0, 0.1) is 0 Å². The number of anilines is 2. The molecule has 2 aromatic rings. The van der Waals surface area contributed by atoms with E-state index in [1.54, 1.807) is 29.6 Å². The van der Waals surface area contributed by atoms with Crippen molar-refractivity contribution in [1.29, 1.82) is 0 Å². The van der Waals surface area contributed by atoms with Crippen LogP contribution < -0.4 is 10.5 Å². The molecule has 2 rings (SSSR count). The first-order valence-electron chi connectivity index (χ1n) is 4.71. The number of hydrogen-bond donors (Lipinski definition) is 2. The summed E-state index contributed by atoms with van der Waals surface area (Å²) in [6.07, 6.45) is 0. The first-order chi connectivity index (χ1) is 8.42. The summed E-state index contributed by atoms with van der Waals surface area (Å²) in [4.78, 5) is 0. The zero-order valence-corrected chi connectivity index (χ0v) is 12.8. The van der Waals surface area contributed by atoms with Crippen molar-refractivity contribution < 1.29 is 8.42 Å². The van der Waals surface area contributed by atoms with Gasteiger partial charge in [-0.3, -0.25) is 4.72 Å². The van der Waals surface area contributed by atoms with Gasteiger partial charge in [0.15, 0.2) is 4.21 Å². The van der Waals surface area contributed by atoms with Crippen molar-refractivity contribution in [3.8, 4) is 0 Å². The third kappa shape index (κ3) is 2.64. The Bertz CT molecular complexity index is 665. The molecule has 1 heterocycles. The summed E-state index contributed by atoms with van der Waals surface area (Å²) in [5.41, 5.74) is 6.17. The molecule has 0 aliphatic heterocycles. The predicted octanol–water partition coefficient (Wildman–Crippen LogP) is 3.55. The molecular formula is C10H8BrClN2O2S2. The van der Waals surface area contributed by atoms with Crippen LogP contribution in [0.3, 0.4) is 0 Å². The fraction of sp³-hybridized carbons (Fsp3) is 0. The number of nitrogens with two attached hydrogens (primary N) is 1. The third-order valence-electron chi connectivity index (χ3n) is 2.11. The van der Waals surface area contributed by atoms with Crippen molar-refractivity contribution in [3.63, 3.8) is 0 Å². The van der Waals surface area contributed by atoms with E-state index in [2.05, 4.69) is 20.7 Å². The van der Waals surface area contributed by atoms with E-state index in [0.29, 0.717) is 4.47 Å². The predicted molar refractivity (Wildman–Crippen MR) is 78.7 cm³/mol. The highest BCUT2D eigenvalue weighted by Crippen LogP contribution is 2.33. The molecule has 0 aliphatic rings. The first-order valence-corrected chi connectivity index (χ1v) is 8.25. The molecule has 0 amide bonds. The average molecular weight is 368 g/mol. The molecule has 0 spiro atoms. The average Bonchev–Trinajstić information content (AvgIpc) is 2.71. The van der Waals surface area contributed by atoms with Gasteiger partial charge in [-0.2, -0.15) is 0 Å². The van der Waals surface area contributed by atoms with Crippen LogP contribution in [-0.4, -0.2) is 8.42 Å². The van der Waals surface area contributed by atoms with Crippen LogP contribution in [0.5, 0.6) is 0 Å². The van der Waals surface area contributed by atoms with Crippen LogP contribution in [0.1, 0.15) is 0 Å². The molecule has 0 atom stereocenters. The summed E-state index contributed by atoms with van der Waals surface area (Å²) in [5.74, 6) is 0. The smallest absolute Gasteiger partial charge is 0.272 e. The minimum absolute atomic E-state index is 0.182. The van der Waals surface area contributed by atoms with E-state index in [1.165, 1.54) is 0 Å². The van der Waals surface area contributed by atoms with Crippen molar-refractivity contribution in [3.05, 3.63) is 39.1 Å². The number of halogens is 2. The molecule has 3 N–H and O–H groups in total. The summed E-state index contributed by atoms with van der Waals surface area (Å²) in [6.45, 7) is 0. The Hall–Kier alpha value is -0.760. The van der Waals surface area contributed by atoms with Crippen molar-refractivity contribution >= 4 is 60.3 Å². The quantitative estimate of drug-likeness (QED) is 0.815. The highest BCUT2D eigenvalue weighted by atomic mass is 79.9. The molecule has 4 nitrogen and oxygen atoms in total. The molecule has 0 radical (unpaired) electrons. The Kier molecular flexibility index (Phi) is 3.86. The molecule has 0 bridgehead atoms. The Morgan fingerprint density at radius 2 is 2.06 bits per heavy atom. The zero-order chi connectivity index (χ0) is 13.3. The maximum atomic E-state index is 12.1. The number of para-hydroxylation sites is 1. The summed E-state index contributed by atoms with van der Waals surface area (Å²) in [5, 5.41) is 1.93. The van der Waals surface area contributed by atoms with Gasteiger partial charge in [-0.25, -0.2) is 8.42 Å². The van der Waals surface area contributed by atoms with E-state index in [-0.39, 0.29) is 20.6 Å². The highest BCUT2D eigenvalue weighted by Gasteiger charge is 2.21. The normalized spacial score (nSPS) is 11.4. The number of benzene rings is 1. The van der Waals surface area contributed by atoms with Crippen LogP contribution >= 0.6 is 38.9 Å². The lowest BCUT2D eigenvalue weighted by molar-refractivity contribution is 0.603. The molecule has 1 aromatic heterocycles. The number of nitrogen functional groups attached to an aromatic ring is 1. The summed E-state index contributed by atoms with van der Waals surface area (Å²) in [7, 11) is -3.69. The van der Waals surface area contributed by atoms with Crippen LogP contribution in [-0.2, 0) is 10.0 Å². The standard InChI is InChI=1S/C10H8BrClN2O2S2/c11-6-4-5-17-10(6)18(15,16)14-9-7(12)2-1-3-8(9)13/h1-5,14H,13H2. The van der Waals surface area contributed by atoms with Gasteiger partial charge >= 0.3 is 0 Å². The molecule has 0 aliphatic carbocycles. The number of thiophene rings is 1. The highest BCUT2D eigenvalue weighted by molar-refractivity contribution is 9.10. The van der Waals surface area contributed by atoms with Crippen LogP contribution in [0.4, 0.5) is 11.4 Å². The van der Waals surface area contributed by atoms with Gasteiger partial charge in [0.25, 0.3) is 10.0 Å². The van der Waals surface area contributed by atoms with Gasteiger partial charge in [0.2, 0.25) is 0 Å². The van der Waals surface area contributed by atoms with E-state index in [4.69, 9.17) is 17.3 Å². The minimum atomic E-state index is -3.69. The minimum Gasteiger partial charge on any atom is -0.397 e. The molecule has 1 aromatic carbocycles. The van der Waals surface area contributed by atoms with Gasteiger partial charge in [-0.05, 0) is 39.5 Å². The number of rotatable bonds is 3. The second kappa shape index (κ2) is 5.08. The fourth-order valence-corrected chi connectivity index (χ4v) is 5.03. The van der Waals surface area contributed by atoms with Gasteiger partial charge in [-0.1, -0.05) is 17.7 Å². The fourth-order valence-electron chi connectivity index (χ4n) is 1.30. The summed E-state index contributed by atoms with van der Waals surface area (Å²) >= 11 is 10.2. The second-order valence-electron chi connectivity index (χ2n) is 3.37. The first kappa shape index (κ1) is 13.7. The van der Waals surface area contributed by atoms with Gasteiger partial charge in [0.05, 0.1) is 16.4 Å². The molecular weight excluding hydrogens is 360 g/mol. The summed E-state index contributed by atoms with van der Waals surface area (Å²) in [6, 6.07) is 6.46. The number of nitrogens with one attached hydrogen (secondary N) is 1. The Morgan fingerprint density at radius 1 is 1.33 bits per heavy atom. The van der Waals surface area contributed by atoms with Crippen LogP contribution in [0.2, 0.25) is 5.02 Å². The second-order valence-corrected chi connectivity index (χ2v) is 7.42. The van der Waals surface area contributed by atoms with E-state index in [9.17, 15) is 8.42 Å². The topological polar surface area (TPSA) is 72.2 Å². The molecule has 0 fully saturated rings.